The minimum Gasteiger partial charge on any atom is -0.382 e. The van der Waals surface area contributed by atoms with Crippen molar-refractivity contribution in [2.24, 2.45) is 0 Å². The normalized spacial score (nSPS) is 10.7. The van der Waals surface area contributed by atoms with Gasteiger partial charge in [-0.15, -0.1) is 11.8 Å². The Kier molecular flexibility index (Phi) is 3.63. The molecule has 6 heteroatoms. The molecule has 3 nitrogen and oxygen atoms in total. The van der Waals surface area contributed by atoms with Crippen LogP contribution in [0.2, 0.25) is 0 Å². The lowest BCUT2D eigenvalue weighted by molar-refractivity contribution is 0.506. The molecule has 0 unspecified atom stereocenters. The van der Waals surface area contributed by atoms with Crippen LogP contribution in [0.15, 0.2) is 35.4 Å². The van der Waals surface area contributed by atoms with E-state index in [-0.39, 0.29) is 0 Å². The van der Waals surface area contributed by atoms with Gasteiger partial charge in [-0.05, 0) is 24.3 Å². The smallest absolute Gasteiger partial charge is 0.159 e. The molecule has 2 rings (SSSR count). The van der Waals surface area contributed by atoms with Crippen LogP contribution < -0.4 is 5.73 Å². The lowest BCUT2D eigenvalue weighted by Crippen LogP contribution is -2.01. The third-order valence-corrected chi connectivity index (χ3v) is 3.12. The highest BCUT2D eigenvalue weighted by molar-refractivity contribution is 7.99. The summed E-state index contributed by atoms with van der Waals surface area (Å²) in [7, 11) is 0. The van der Waals surface area contributed by atoms with Gasteiger partial charge < -0.3 is 5.73 Å². The minimum absolute atomic E-state index is 0.475. The molecule has 0 aliphatic rings. The first-order valence-corrected chi connectivity index (χ1v) is 6.00. The number of aryl methyl sites for hydroxylation is 1. The summed E-state index contributed by atoms with van der Waals surface area (Å²) >= 11 is 1.44. The molecule has 1 aromatic heterocycles. The monoisotopic (exact) mass is 255 g/mol. The molecule has 0 aliphatic carbocycles. The molecule has 1 aromatic carbocycles. The Morgan fingerprint density at radius 1 is 1.24 bits per heavy atom. The zero-order valence-electron chi connectivity index (χ0n) is 8.94. The van der Waals surface area contributed by atoms with Crippen molar-refractivity contribution < 1.29 is 8.78 Å². The van der Waals surface area contributed by atoms with E-state index in [9.17, 15) is 8.78 Å². The van der Waals surface area contributed by atoms with Crippen molar-refractivity contribution in [2.75, 3.05) is 11.5 Å². The van der Waals surface area contributed by atoms with Crippen LogP contribution >= 0.6 is 11.8 Å². The molecule has 0 saturated heterocycles. The van der Waals surface area contributed by atoms with E-state index in [2.05, 4.69) is 5.10 Å². The first-order chi connectivity index (χ1) is 8.15. The molecule has 2 N–H and O–H groups in total. The number of hydrogen-bond donors (Lipinski definition) is 1. The number of anilines is 1. The lowest BCUT2D eigenvalue weighted by Gasteiger charge is -2.02. The highest BCUT2D eigenvalue weighted by Crippen LogP contribution is 2.20. The van der Waals surface area contributed by atoms with Gasteiger partial charge >= 0.3 is 0 Å². The zero-order valence-corrected chi connectivity index (χ0v) is 9.75. The van der Waals surface area contributed by atoms with Crippen LogP contribution in [0.5, 0.6) is 0 Å². The van der Waals surface area contributed by atoms with Gasteiger partial charge in [0.15, 0.2) is 11.6 Å². The van der Waals surface area contributed by atoms with Crippen LogP contribution in [0, 0.1) is 11.6 Å². The molecule has 0 bridgehead atoms. The van der Waals surface area contributed by atoms with E-state index in [4.69, 9.17) is 5.73 Å². The van der Waals surface area contributed by atoms with E-state index in [1.54, 1.807) is 23.0 Å². The largest absolute Gasteiger partial charge is 0.382 e. The van der Waals surface area contributed by atoms with Gasteiger partial charge in [0.05, 0.1) is 6.54 Å². The maximum absolute atomic E-state index is 12.9. The number of rotatable bonds is 4. The summed E-state index contributed by atoms with van der Waals surface area (Å²) in [5.74, 6) is -0.456. The van der Waals surface area contributed by atoms with Gasteiger partial charge in [-0.1, -0.05) is 0 Å². The van der Waals surface area contributed by atoms with Gasteiger partial charge in [0, 0.05) is 16.8 Å². The molecular formula is C11H11F2N3S. The molecule has 0 spiro atoms. The number of nitrogens with two attached hydrogens (primary N) is 1. The highest BCUT2D eigenvalue weighted by Gasteiger charge is 2.03. The molecular weight excluding hydrogens is 244 g/mol. The van der Waals surface area contributed by atoms with Crippen molar-refractivity contribution >= 4 is 17.6 Å². The van der Waals surface area contributed by atoms with Crippen LogP contribution in [0.25, 0.3) is 0 Å². The summed E-state index contributed by atoms with van der Waals surface area (Å²) in [5.41, 5.74) is 5.47. The molecule has 90 valence electrons. The number of aromatic nitrogens is 2. The average Bonchev–Trinajstić information content (AvgIpc) is 2.70. The standard InChI is InChI=1S/C11H11F2N3S/c12-9-2-1-8(7-10(9)13)17-6-5-16-4-3-11(14)15-16/h1-4,7H,5-6H2,(H2,14,15). The topological polar surface area (TPSA) is 43.8 Å². The van der Waals surface area contributed by atoms with Gasteiger partial charge in [-0.3, -0.25) is 4.68 Å². The molecule has 2 aromatic rings. The molecule has 17 heavy (non-hydrogen) atoms. The molecule has 0 amide bonds. The fourth-order valence-corrected chi connectivity index (χ4v) is 2.19. The highest BCUT2D eigenvalue weighted by atomic mass is 32.2. The van der Waals surface area contributed by atoms with E-state index in [1.165, 1.54) is 17.8 Å². The first kappa shape index (κ1) is 11.9. The van der Waals surface area contributed by atoms with Crippen molar-refractivity contribution in [3.8, 4) is 0 Å². The summed E-state index contributed by atoms with van der Waals surface area (Å²) in [6.45, 7) is 0.668. The molecule has 0 saturated carbocycles. The number of benzene rings is 1. The molecule has 0 aliphatic heterocycles. The van der Waals surface area contributed by atoms with Gasteiger partial charge in [-0.25, -0.2) is 8.78 Å². The van der Waals surface area contributed by atoms with Crippen LogP contribution in [-0.2, 0) is 6.54 Å². The average molecular weight is 255 g/mol. The summed E-state index contributed by atoms with van der Waals surface area (Å²) in [6.07, 6.45) is 1.78. The number of nitrogens with zero attached hydrogens (tertiary/aromatic N) is 2. The molecule has 0 atom stereocenters. The van der Waals surface area contributed by atoms with E-state index in [0.717, 1.165) is 6.07 Å². The second-order valence-corrected chi connectivity index (χ2v) is 4.60. The van der Waals surface area contributed by atoms with Crippen LogP contribution in [0.4, 0.5) is 14.6 Å². The summed E-state index contributed by atoms with van der Waals surface area (Å²) in [5, 5.41) is 4.02. The van der Waals surface area contributed by atoms with Gasteiger partial charge in [0.25, 0.3) is 0 Å². The zero-order chi connectivity index (χ0) is 12.3. The summed E-state index contributed by atoms with van der Waals surface area (Å²) < 4.78 is 27.3. The molecule has 0 radical (unpaired) electrons. The van der Waals surface area contributed by atoms with Crippen molar-refractivity contribution in [3.63, 3.8) is 0 Å². The predicted octanol–water partition coefficient (Wildman–Crippen LogP) is 2.54. The Morgan fingerprint density at radius 2 is 2.06 bits per heavy atom. The Hall–Kier alpha value is -1.56. The van der Waals surface area contributed by atoms with Crippen molar-refractivity contribution in [3.05, 3.63) is 42.1 Å². The van der Waals surface area contributed by atoms with Crippen molar-refractivity contribution in [2.45, 2.75) is 11.4 Å². The Morgan fingerprint density at radius 3 is 2.71 bits per heavy atom. The summed E-state index contributed by atoms with van der Waals surface area (Å²) in [6, 6.07) is 5.59. The van der Waals surface area contributed by atoms with Gasteiger partial charge in [0.1, 0.15) is 5.82 Å². The minimum atomic E-state index is -0.825. The van der Waals surface area contributed by atoms with Crippen molar-refractivity contribution in [1.82, 2.24) is 9.78 Å². The van der Waals surface area contributed by atoms with Gasteiger partial charge in [0.2, 0.25) is 0 Å². The number of hydrogen-bond acceptors (Lipinski definition) is 3. The van der Waals surface area contributed by atoms with Gasteiger partial charge in [-0.2, -0.15) is 5.10 Å². The quantitative estimate of drug-likeness (QED) is 0.854. The third kappa shape index (κ3) is 3.20. The van der Waals surface area contributed by atoms with E-state index < -0.39 is 11.6 Å². The van der Waals surface area contributed by atoms with Crippen LogP contribution in [0.3, 0.4) is 0 Å². The van der Waals surface area contributed by atoms with E-state index in [1.807, 2.05) is 0 Å². The molecule has 0 fully saturated rings. The van der Waals surface area contributed by atoms with Crippen LogP contribution in [-0.4, -0.2) is 15.5 Å². The van der Waals surface area contributed by atoms with E-state index >= 15 is 0 Å². The second-order valence-electron chi connectivity index (χ2n) is 3.43. The predicted molar refractivity (Wildman–Crippen MR) is 63.7 cm³/mol. The summed E-state index contributed by atoms with van der Waals surface area (Å²) in [4.78, 5) is 0.698. The molecule has 1 heterocycles. The number of nitrogen functional groups attached to an aromatic ring is 1. The Labute approximate surface area is 102 Å². The number of thioether (sulfide) groups is 1. The first-order valence-electron chi connectivity index (χ1n) is 5.02. The maximum Gasteiger partial charge on any atom is 0.159 e. The fraction of sp³-hybridized carbons (Fsp3) is 0.182. The Bertz CT molecular complexity index is 513. The Balaban J connectivity index is 1.87. The van der Waals surface area contributed by atoms with Crippen LogP contribution in [0.1, 0.15) is 0 Å². The lowest BCUT2D eigenvalue weighted by atomic mass is 10.3. The van der Waals surface area contributed by atoms with Crippen molar-refractivity contribution in [1.29, 1.82) is 0 Å². The SMILES string of the molecule is Nc1ccn(CCSc2ccc(F)c(F)c2)n1. The third-order valence-electron chi connectivity index (χ3n) is 2.14. The fourth-order valence-electron chi connectivity index (χ4n) is 1.33. The number of halogens is 2. The van der Waals surface area contributed by atoms with E-state index in [0.29, 0.717) is 23.0 Å². The second kappa shape index (κ2) is 5.18. The maximum atomic E-state index is 12.9.